The van der Waals surface area contributed by atoms with Crippen molar-refractivity contribution >= 4 is 18.0 Å². The number of fused-ring (bicyclic) bond motifs is 3. The SMILES string of the molecule is O=C(O)CONC(=O)C1(CNC(=O)OCC2c3ccccc3-c3ccccc32)CC12CCC2. The van der Waals surface area contributed by atoms with Crippen molar-refractivity contribution in [1.82, 2.24) is 10.8 Å². The first-order chi connectivity index (χ1) is 16.0. The highest BCUT2D eigenvalue weighted by Gasteiger charge is 2.73. The molecular formula is C25H26N2O6. The molecule has 0 radical (unpaired) electrons. The summed E-state index contributed by atoms with van der Waals surface area (Å²) in [5.74, 6) is -1.60. The molecule has 0 aromatic heterocycles. The van der Waals surface area contributed by atoms with Crippen molar-refractivity contribution in [1.29, 1.82) is 0 Å². The molecule has 2 saturated carbocycles. The lowest BCUT2D eigenvalue weighted by Gasteiger charge is -2.32. The van der Waals surface area contributed by atoms with Gasteiger partial charge in [-0.05, 0) is 46.9 Å². The van der Waals surface area contributed by atoms with Gasteiger partial charge >= 0.3 is 12.1 Å². The van der Waals surface area contributed by atoms with E-state index >= 15 is 0 Å². The Bertz CT molecular complexity index is 1070. The van der Waals surface area contributed by atoms with Gasteiger partial charge in [0.15, 0.2) is 6.61 Å². The molecule has 33 heavy (non-hydrogen) atoms. The molecule has 1 spiro atoms. The lowest BCUT2D eigenvalue weighted by Crippen LogP contribution is -2.45. The van der Waals surface area contributed by atoms with Gasteiger partial charge in [0.25, 0.3) is 5.91 Å². The fourth-order valence-corrected chi connectivity index (χ4v) is 5.58. The van der Waals surface area contributed by atoms with E-state index in [9.17, 15) is 14.4 Å². The molecule has 172 valence electrons. The van der Waals surface area contributed by atoms with Crippen LogP contribution in [-0.2, 0) is 19.2 Å². The third-order valence-electron chi connectivity index (χ3n) is 7.51. The summed E-state index contributed by atoms with van der Waals surface area (Å²) in [6, 6.07) is 16.2. The molecule has 0 saturated heterocycles. The molecule has 3 aliphatic rings. The number of ether oxygens (including phenoxy) is 1. The average molecular weight is 450 g/mol. The van der Waals surface area contributed by atoms with Gasteiger partial charge in [-0.1, -0.05) is 55.0 Å². The number of amides is 2. The number of nitrogens with one attached hydrogen (secondary N) is 2. The zero-order valence-corrected chi connectivity index (χ0v) is 18.1. The summed E-state index contributed by atoms with van der Waals surface area (Å²) in [6.45, 7) is -0.285. The molecule has 0 heterocycles. The van der Waals surface area contributed by atoms with Gasteiger partial charge < -0.3 is 15.2 Å². The number of alkyl carbamates (subject to hydrolysis) is 1. The van der Waals surface area contributed by atoms with Crippen molar-refractivity contribution in [3.8, 4) is 11.1 Å². The second-order valence-corrected chi connectivity index (χ2v) is 9.19. The highest BCUT2D eigenvalue weighted by Crippen LogP contribution is 2.73. The normalized spacial score (nSPS) is 21.5. The van der Waals surface area contributed by atoms with Crippen LogP contribution < -0.4 is 10.8 Å². The molecule has 2 fully saturated rings. The minimum Gasteiger partial charge on any atom is -0.479 e. The second-order valence-electron chi connectivity index (χ2n) is 9.19. The fraction of sp³-hybridized carbons (Fsp3) is 0.400. The molecule has 3 N–H and O–H groups in total. The van der Waals surface area contributed by atoms with Gasteiger partial charge in [0, 0.05) is 12.5 Å². The van der Waals surface area contributed by atoms with E-state index in [0.717, 1.165) is 41.5 Å². The molecule has 2 amide bonds. The Labute approximate surface area is 191 Å². The molecule has 2 aromatic rings. The van der Waals surface area contributed by atoms with Crippen molar-refractivity contribution in [2.45, 2.75) is 31.6 Å². The zero-order valence-electron chi connectivity index (χ0n) is 18.1. The van der Waals surface area contributed by atoms with Gasteiger partial charge in [-0.3, -0.25) is 9.63 Å². The maximum Gasteiger partial charge on any atom is 0.407 e. The summed E-state index contributed by atoms with van der Waals surface area (Å²) < 4.78 is 5.58. The van der Waals surface area contributed by atoms with Crippen molar-refractivity contribution in [2.24, 2.45) is 10.8 Å². The summed E-state index contributed by atoms with van der Waals surface area (Å²) >= 11 is 0. The van der Waals surface area contributed by atoms with Crippen LogP contribution in [0.1, 0.15) is 42.7 Å². The van der Waals surface area contributed by atoms with Crippen LogP contribution in [0, 0.1) is 10.8 Å². The van der Waals surface area contributed by atoms with Gasteiger partial charge in [0.05, 0.1) is 5.41 Å². The summed E-state index contributed by atoms with van der Waals surface area (Å²) in [7, 11) is 0. The van der Waals surface area contributed by atoms with Crippen molar-refractivity contribution in [2.75, 3.05) is 19.8 Å². The Morgan fingerprint density at radius 2 is 1.64 bits per heavy atom. The van der Waals surface area contributed by atoms with Gasteiger partial charge in [-0.25, -0.2) is 15.1 Å². The van der Waals surface area contributed by atoms with Gasteiger partial charge in [0.2, 0.25) is 0 Å². The highest BCUT2D eigenvalue weighted by molar-refractivity contribution is 5.88. The van der Waals surface area contributed by atoms with E-state index in [-0.39, 0.29) is 30.4 Å². The number of hydroxylamine groups is 1. The summed E-state index contributed by atoms with van der Waals surface area (Å²) in [5, 5.41) is 11.5. The smallest absolute Gasteiger partial charge is 0.407 e. The summed E-state index contributed by atoms with van der Waals surface area (Å²) in [6.07, 6.45) is 2.93. The molecule has 8 heteroatoms. The Balaban J connectivity index is 1.20. The Kier molecular flexibility index (Phi) is 5.32. The average Bonchev–Trinajstić information content (AvgIpc) is 3.41. The number of carbonyl (C=O) groups is 3. The van der Waals surface area contributed by atoms with Crippen molar-refractivity contribution in [3.05, 3.63) is 59.7 Å². The van der Waals surface area contributed by atoms with Crippen LogP contribution in [0.4, 0.5) is 4.79 Å². The van der Waals surface area contributed by atoms with Crippen LogP contribution in [0.25, 0.3) is 11.1 Å². The van der Waals surface area contributed by atoms with Crippen LogP contribution in [0.2, 0.25) is 0 Å². The minimum absolute atomic E-state index is 0.0382. The molecule has 1 unspecified atom stereocenters. The third-order valence-corrected chi connectivity index (χ3v) is 7.51. The Hall–Kier alpha value is -3.39. The first kappa shape index (κ1) is 21.5. The first-order valence-corrected chi connectivity index (χ1v) is 11.2. The highest BCUT2D eigenvalue weighted by atomic mass is 16.7. The molecular weight excluding hydrogens is 424 g/mol. The van der Waals surface area contributed by atoms with E-state index < -0.39 is 24.1 Å². The van der Waals surface area contributed by atoms with Crippen LogP contribution >= 0.6 is 0 Å². The third kappa shape index (κ3) is 3.64. The largest absolute Gasteiger partial charge is 0.479 e. The first-order valence-electron chi connectivity index (χ1n) is 11.2. The number of rotatable bonds is 8. The van der Waals surface area contributed by atoms with Crippen molar-refractivity contribution < 1.29 is 29.1 Å². The number of carbonyl (C=O) groups excluding carboxylic acids is 2. The van der Waals surface area contributed by atoms with Gasteiger partial charge in [0.1, 0.15) is 6.61 Å². The topological polar surface area (TPSA) is 114 Å². The molecule has 0 bridgehead atoms. The van der Waals surface area contributed by atoms with Crippen LogP contribution in [0.5, 0.6) is 0 Å². The zero-order chi connectivity index (χ0) is 23.1. The van der Waals surface area contributed by atoms with E-state index in [1.54, 1.807) is 0 Å². The second kappa shape index (κ2) is 8.19. The fourth-order valence-electron chi connectivity index (χ4n) is 5.58. The van der Waals surface area contributed by atoms with Crippen LogP contribution in [-0.4, -0.2) is 42.8 Å². The number of aliphatic carboxylic acids is 1. The predicted octanol–water partition coefficient (Wildman–Crippen LogP) is 3.22. The predicted molar refractivity (Wildman–Crippen MR) is 118 cm³/mol. The minimum atomic E-state index is -1.17. The lowest BCUT2D eigenvalue weighted by atomic mass is 9.74. The van der Waals surface area contributed by atoms with E-state index in [1.807, 2.05) is 24.3 Å². The molecule has 3 aliphatic carbocycles. The number of hydrogen-bond donors (Lipinski definition) is 3. The van der Waals surface area contributed by atoms with Crippen LogP contribution in [0.3, 0.4) is 0 Å². The van der Waals surface area contributed by atoms with Crippen molar-refractivity contribution in [3.63, 3.8) is 0 Å². The van der Waals surface area contributed by atoms with E-state index in [1.165, 1.54) is 0 Å². The maximum absolute atomic E-state index is 12.8. The number of carboxylic acid groups (broad SMARTS) is 1. The maximum atomic E-state index is 12.8. The molecule has 0 aliphatic heterocycles. The molecule has 5 rings (SSSR count). The number of carboxylic acids is 1. The number of hydrogen-bond acceptors (Lipinski definition) is 5. The Morgan fingerprint density at radius 1 is 1.00 bits per heavy atom. The van der Waals surface area contributed by atoms with Crippen LogP contribution in [0.15, 0.2) is 48.5 Å². The monoisotopic (exact) mass is 450 g/mol. The standard InChI is InChI=1S/C25H26N2O6/c28-21(29)13-33-27-22(30)25(14-24(25)10-5-11-24)15-26-23(31)32-12-20-18-8-3-1-6-16(18)17-7-2-4-9-19(17)20/h1-4,6-9,20H,5,10-15H2,(H,26,31)(H,27,30)(H,28,29). The van der Waals surface area contributed by atoms with Gasteiger partial charge in [-0.15, -0.1) is 0 Å². The van der Waals surface area contributed by atoms with E-state index in [0.29, 0.717) is 6.42 Å². The molecule has 1 atom stereocenters. The van der Waals surface area contributed by atoms with Gasteiger partial charge in [-0.2, -0.15) is 0 Å². The van der Waals surface area contributed by atoms with E-state index in [2.05, 4.69) is 35.1 Å². The molecule has 2 aromatic carbocycles. The van der Waals surface area contributed by atoms with E-state index in [4.69, 9.17) is 14.7 Å². The quantitative estimate of drug-likeness (QED) is 0.532. The number of benzene rings is 2. The summed E-state index contributed by atoms with van der Waals surface area (Å²) in [4.78, 5) is 40.7. The summed E-state index contributed by atoms with van der Waals surface area (Å²) in [5.41, 5.74) is 5.91. The molecule has 8 nitrogen and oxygen atoms in total. The lowest BCUT2D eigenvalue weighted by molar-refractivity contribution is -0.152. The Morgan fingerprint density at radius 3 is 2.18 bits per heavy atom.